The van der Waals surface area contributed by atoms with Gasteiger partial charge in [0, 0.05) is 7.05 Å². The number of halogens is 2. The molecule has 2 N–H and O–H groups in total. The lowest BCUT2D eigenvalue weighted by molar-refractivity contribution is 0.140. The van der Waals surface area contributed by atoms with Crippen LogP contribution in [-0.4, -0.2) is 46.3 Å². The summed E-state index contributed by atoms with van der Waals surface area (Å²) in [4.78, 5) is 12.9. The molecule has 3 rings (SSSR count). The van der Waals surface area contributed by atoms with Gasteiger partial charge in [0.1, 0.15) is 22.6 Å². The van der Waals surface area contributed by atoms with Crippen molar-refractivity contribution in [3.63, 3.8) is 0 Å². The Morgan fingerprint density at radius 2 is 1.87 bits per heavy atom. The van der Waals surface area contributed by atoms with Crippen molar-refractivity contribution in [2.75, 3.05) is 17.8 Å². The van der Waals surface area contributed by atoms with Crippen LogP contribution in [0.1, 0.15) is 5.56 Å². The number of amides is 1. The van der Waals surface area contributed by atoms with Crippen molar-refractivity contribution in [1.29, 1.82) is 0 Å². The smallest absolute Gasteiger partial charge is 0.416 e. The summed E-state index contributed by atoms with van der Waals surface area (Å²) in [6.45, 7) is -0.0695. The molecule has 0 aromatic heterocycles. The summed E-state index contributed by atoms with van der Waals surface area (Å²) >= 11 is 12.0. The minimum Gasteiger partial charge on any atom is -0.444 e. The highest BCUT2D eigenvalue weighted by molar-refractivity contribution is 7.90. The first-order valence-corrected chi connectivity index (χ1v) is 12.3. The molecule has 13 heteroatoms. The standard InChI is InChI=1S/C17H17Cl2N3O6S2/c1-21-16(9-18)22(17(23)28-10-11-5-3-2-4-6-11)13-7-12(19)14(29(20,24)25)8-15(13)30(21,26)27/h2-8,16H,9-10H2,1H3,(H2,20,24,25). The van der Waals surface area contributed by atoms with Gasteiger partial charge in [-0.25, -0.2) is 26.8 Å². The number of alkyl halides is 1. The molecule has 1 aliphatic rings. The highest BCUT2D eigenvalue weighted by atomic mass is 35.5. The van der Waals surface area contributed by atoms with E-state index in [1.807, 2.05) is 0 Å². The van der Waals surface area contributed by atoms with Crippen LogP contribution in [0.3, 0.4) is 0 Å². The normalized spacial score (nSPS) is 18.7. The monoisotopic (exact) mass is 493 g/mol. The number of rotatable bonds is 4. The maximum Gasteiger partial charge on any atom is 0.416 e. The number of ether oxygens (including phenoxy) is 1. The minimum absolute atomic E-state index is 0.0695. The van der Waals surface area contributed by atoms with Crippen molar-refractivity contribution >= 4 is 55.0 Å². The lowest BCUT2D eigenvalue weighted by atomic mass is 10.2. The Labute approximate surface area is 184 Å². The largest absolute Gasteiger partial charge is 0.444 e. The summed E-state index contributed by atoms with van der Waals surface area (Å²) in [5, 5.41) is 4.78. The third kappa shape index (κ3) is 4.13. The Balaban J connectivity index is 2.11. The van der Waals surface area contributed by atoms with E-state index in [1.165, 1.54) is 7.05 Å². The fraction of sp³-hybridized carbons (Fsp3) is 0.235. The van der Waals surface area contributed by atoms with E-state index in [9.17, 15) is 21.6 Å². The van der Waals surface area contributed by atoms with Crippen LogP contribution in [-0.2, 0) is 31.4 Å². The van der Waals surface area contributed by atoms with E-state index in [4.69, 9.17) is 33.1 Å². The molecule has 2 aromatic rings. The van der Waals surface area contributed by atoms with E-state index in [-0.39, 0.29) is 23.2 Å². The van der Waals surface area contributed by atoms with Crippen LogP contribution in [0.15, 0.2) is 52.3 Å². The molecular formula is C17H17Cl2N3O6S2. The number of fused-ring (bicyclic) bond motifs is 1. The maximum absolute atomic E-state index is 12.9. The number of carbonyl (C=O) groups excluding carboxylic acids is 1. The molecule has 0 aliphatic carbocycles. The van der Waals surface area contributed by atoms with Crippen molar-refractivity contribution in [3.8, 4) is 0 Å². The highest BCUT2D eigenvalue weighted by Gasteiger charge is 2.44. The van der Waals surface area contributed by atoms with Crippen molar-refractivity contribution in [2.45, 2.75) is 22.6 Å². The van der Waals surface area contributed by atoms with Gasteiger partial charge in [0.25, 0.3) is 0 Å². The molecule has 0 saturated heterocycles. The van der Waals surface area contributed by atoms with Gasteiger partial charge in [-0.05, 0) is 17.7 Å². The Bertz CT molecular complexity index is 1190. The molecule has 0 fully saturated rings. The number of primary sulfonamides is 1. The van der Waals surface area contributed by atoms with Crippen LogP contribution < -0.4 is 10.0 Å². The van der Waals surface area contributed by atoms with Gasteiger partial charge in [-0.15, -0.1) is 11.6 Å². The van der Waals surface area contributed by atoms with Crippen LogP contribution in [0.2, 0.25) is 5.02 Å². The molecule has 9 nitrogen and oxygen atoms in total. The SMILES string of the molecule is CN1C(CCl)N(C(=O)OCc2ccccc2)c2cc(Cl)c(S(N)(=O)=O)cc2S1(=O)=O. The van der Waals surface area contributed by atoms with Gasteiger partial charge in [0.05, 0.1) is 16.6 Å². The number of sulfonamides is 2. The van der Waals surface area contributed by atoms with E-state index in [2.05, 4.69) is 0 Å². The zero-order chi connectivity index (χ0) is 22.3. The fourth-order valence-corrected chi connectivity index (χ4v) is 6.03. The van der Waals surface area contributed by atoms with Gasteiger partial charge in [-0.3, -0.25) is 4.90 Å². The van der Waals surface area contributed by atoms with Crippen LogP contribution in [0.4, 0.5) is 10.5 Å². The van der Waals surface area contributed by atoms with E-state index in [1.54, 1.807) is 30.3 Å². The predicted octanol–water partition coefficient (Wildman–Crippen LogP) is 2.33. The maximum atomic E-state index is 12.9. The molecule has 0 spiro atoms. The zero-order valence-electron chi connectivity index (χ0n) is 15.5. The molecule has 162 valence electrons. The van der Waals surface area contributed by atoms with Crippen molar-refractivity contribution in [2.24, 2.45) is 5.14 Å². The quantitative estimate of drug-likeness (QED) is 0.650. The molecule has 0 bridgehead atoms. The summed E-state index contributed by atoms with van der Waals surface area (Å²) < 4.78 is 55.6. The average Bonchev–Trinajstić information content (AvgIpc) is 2.68. The molecule has 1 unspecified atom stereocenters. The lowest BCUT2D eigenvalue weighted by Gasteiger charge is -2.40. The molecule has 2 aromatic carbocycles. The highest BCUT2D eigenvalue weighted by Crippen LogP contribution is 2.40. The third-order valence-electron chi connectivity index (χ3n) is 4.49. The van der Waals surface area contributed by atoms with E-state index < -0.39 is 42.1 Å². The predicted molar refractivity (Wildman–Crippen MR) is 111 cm³/mol. The first kappa shape index (κ1) is 22.8. The number of anilines is 1. The van der Waals surface area contributed by atoms with E-state index >= 15 is 0 Å². The van der Waals surface area contributed by atoms with Crippen LogP contribution in [0.25, 0.3) is 0 Å². The summed E-state index contributed by atoms with van der Waals surface area (Å²) in [6, 6.07) is 10.7. The van der Waals surface area contributed by atoms with Crippen molar-refractivity contribution in [1.82, 2.24) is 4.31 Å². The summed E-state index contributed by atoms with van der Waals surface area (Å²) in [5.74, 6) is -0.274. The number of hydrogen-bond acceptors (Lipinski definition) is 6. The Hall–Kier alpha value is -1.89. The van der Waals surface area contributed by atoms with Gasteiger partial charge in [0.2, 0.25) is 20.0 Å². The summed E-state index contributed by atoms with van der Waals surface area (Å²) in [6.07, 6.45) is -2.00. The van der Waals surface area contributed by atoms with E-state index in [0.717, 1.165) is 21.3 Å². The van der Waals surface area contributed by atoms with Gasteiger partial charge < -0.3 is 4.74 Å². The van der Waals surface area contributed by atoms with Gasteiger partial charge >= 0.3 is 6.09 Å². The van der Waals surface area contributed by atoms with Crippen LogP contribution in [0.5, 0.6) is 0 Å². The minimum atomic E-state index is -4.31. The molecule has 1 heterocycles. The zero-order valence-corrected chi connectivity index (χ0v) is 18.7. The Morgan fingerprint density at radius 3 is 2.43 bits per heavy atom. The van der Waals surface area contributed by atoms with Crippen molar-refractivity contribution < 1.29 is 26.4 Å². The van der Waals surface area contributed by atoms with E-state index in [0.29, 0.717) is 5.56 Å². The second-order valence-electron chi connectivity index (χ2n) is 6.36. The molecule has 30 heavy (non-hydrogen) atoms. The van der Waals surface area contributed by atoms with Gasteiger partial charge in [-0.2, -0.15) is 4.31 Å². The number of nitrogens with zero attached hydrogens (tertiary/aromatic N) is 2. The fourth-order valence-electron chi connectivity index (χ4n) is 2.95. The number of hydrogen-bond donors (Lipinski definition) is 1. The first-order valence-electron chi connectivity index (χ1n) is 8.38. The topological polar surface area (TPSA) is 127 Å². The molecule has 0 saturated carbocycles. The third-order valence-corrected chi connectivity index (χ3v) is 8.03. The molecule has 0 radical (unpaired) electrons. The first-order chi connectivity index (χ1) is 14.0. The summed E-state index contributed by atoms with van der Waals surface area (Å²) in [5.41, 5.74) is 0.559. The molecule has 1 atom stereocenters. The van der Waals surface area contributed by atoms with Crippen LogP contribution >= 0.6 is 23.2 Å². The van der Waals surface area contributed by atoms with Crippen molar-refractivity contribution in [3.05, 3.63) is 53.1 Å². The lowest BCUT2D eigenvalue weighted by Crippen LogP contribution is -2.56. The number of carbonyl (C=O) groups is 1. The number of nitrogens with two attached hydrogens (primary N) is 1. The van der Waals surface area contributed by atoms with Gasteiger partial charge in [-0.1, -0.05) is 41.9 Å². The van der Waals surface area contributed by atoms with Crippen LogP contribution in [0, 0.1) is 0 Å². The second kappa shape index (κ2) is 8.33. The second-order valence-corrected chi connectivity index (χ2v) is 10.6. The number of benzene rings is 2. The Morgan fingerprint density at radius 1 is 1.23 bits per heavy atom. The summed E-state index contributed by atoms with van der Waals surface area (Å²) in [7, 11) is -7.29. The molecule has 1 aliphatic heterocycles. The molecular weight excluding hydrogens is 477 g/mol. The Kier molecular flexibility index (Phi) is 6.33. The molecule has 1 amide bonds. The van der Waals surface area contributed by atoms with Gasteiger partial charge in [0.15, 0.2) is 0 Å². The average molecular weight is 494 g/mol.